The van der Waals surface area contributed by atoms with Crippen molar-refractivity contribution in [1.82, 2.24) is 0 Å². The first kappa shape index (κ1) is 15.5. The minimum Gasteiger partial charge on any atom is -0.462 e. The number of carbonyl (C=O) groups is 2. The monoisotopic (exact) mass is 290 g/mol. The Morgan fingerprint density at radius 3 is 2.48 bits per heavy atom. The minimum atomic E-state index is -0.342. The summed E-state index contributed by atoms with van der Waals surface area (Å²) in [5.74, 6) is -0.427. The fraction of sp³-hybridized carbons (Fsp3) is 0.500. The molecule has 1 aromatic carbocycles. The number of amides is 1. The smallest absolute Gasteiger partial charge is 0.338 e. The fourth-order valence-electron chi connectivity index (χ4n) is 2.30. The SMILES string of the molecule is CCCOC(=O)c1ccc(NC(=O)CC2(N)CCC2)cc1. The Hall–Kier alpha value is -1.88. The van der Waals surface area contributed by atoms with Gasteiger partial charge >= 0.3 is 5.97 Å². The molecule has 0 spiro atoms. The van der Waals surface area contributed by atoms with Gasteiger partial charge in [-0.1, -0.05) is 6.92 Å². The third-order valence-electron chi connectivity index (χ3n) is 3.70. The molecule has 0 saturated heterocycles. The van der Waals surface area contributed by atoms with E-state index < -0.39 is 0 Å². The lowest BCUT2D eigenvalue weighted by atomic mass is 9.75. The van der Waals surface area contributed by atoms with Gasteiger partial charge in [0.25, 0.3) is 0 Å². The molecule has 0 aromatic heterocycles. The van der Waals surface area contributed by atoms with E-state index in [1.807, 2.05) is 6.92 Å². The zero-order valence-corrected chi connectivity index (χ0v) is 12.4. The zero-order chi connectivity index (χ0) is 15.3. The zero-order valence-electron chi connectivity index (χ0n) is 12.4. The van der Waals surface area contributed by atoms with E-state index in [4.69, 9.17) is 10.5 Å². The second-order valence-corrected chi connectivity index (χ2v) is 5.65. The topological polar surface area (TPSA) is 81.4 Å². The van der Waals surface area contributed by atoms with E-state index in [1.165, 1.54) is 0 Å². The molecule has 5 nitrogen and oxygen atoms in total. The summed E-state index contributed by atoms with van der Waals surface area (Å²) in [6.45, 7) is 2.36. The van der Waals surface area contributed by atoms with Gasteiger partial charge in [-0.2, -0.15) is 0 Å². The fourth-order valence-corrected chi connectivity index (χ4v) is 2.30. The van der Waals surface area contributed by atoms with Crippen LogP contribution in [0.1, 0.15) is 49.4 Å². The number of benzene rings is 1. The van der Waals surface area contributed by atoms with E-state index in [0.29, 0.717) is 24.3 Å². The van der Waals surface area contributed by atoms with Crippen LogP contribution in [0.3, 0.4) is 0 Å². The molecule has 0 unspecified atom stereocenters. The first-order chi connectivity index (χ1) is 10.0. The summed E-state index contributed by atoms with van der Waals surface area (Å²) in [5, 5.41) is 2.80. The number of nitrogens with one attached hydrogen (secondary N) is 1. The van der Waals surface area contributed by atoms with E-state index in [1.54, 1.807) is 24.3 Å². The summed E-state index contributed by atoms with van der Waals surface area (Å²) in [6.07, 6.45) is 4.04. The molecule has 0 radical (unpaired) electrons. The first-order valence-corrected chi connectivity index (χ1v) is 7.38. The molecule has 1 saturated carbocycles. The van der Waals surface area contributed by atoms with E-state index >= 15 is 0 Å². The van der Waals surface area contributed by atoms with Gasteiger partial charge < -0.3 is 15.8 Å². The largest absolute Gasteiger partial charge is 0.462 e. The molecule has 0 atom stereocenters. The van der Waals surface area contributed by atoms with Crippen molar-refractivity contribution in [1.29, 1.82) is 0 Å². The second-order valence-electron chi connectivity index (χ2n) is 5.65. The van der Waals surface area contributed by atoms with Gasteiger partial charge in [0.15, 0.2) is 0 Å². The predicted octanol–water partition coefficient (Wildman–Crippen LogP) is 2.46. The molecule has 2 rings (SSSR count). The summed E-state index contributed by atoms with van der Waals surface area (Å²) >= 11 is 0. The van der Waals surface area contributed by atoms with Crippen LogP contribution in [-0.2, 0) is 9.53 Å². The van der Waals surface area contributed by atoms with Crippen LogP contribution in [0.4, 0.5) is 5.69 Å². The van der Waals surface area contributed by atoms with Crippen LogP contribution in [0.15, 0.2) is 24.3 Å². The van der Waals surface area contributed by atoms with Crippen LogP contribution in [0, 0.1) is 0 Å². The quantitative estimate of drug-likeness (QED) is 0.789. The lowest BCUT2D eigenvalue weighted by Crippen LogP contribution is -2.48. The number of hydrogen-bond donors (Lipinski definition) is 2. The Kier molecular flexibility index (Phi) is 4.96. The highest BCUT2D eigenvalue weighted by Crippen LogP contribution is 2.32. The molecule has 0 aliphatic heterocycles. The summed E-state index contributed by atoms with van der Waals surface area (Å²) in [6, 6.07) is 6.69. The van der Waals surface area contributed by atoms with Crippen molar-refractivity contribution in [3.05, 3.63) is 29.8 Å². The number of nitrogens with two attached hydrogens (primary N) is 1. The molecule has 1 fully saturated rings. The molecular formula is C16H22N2O3. The number of anilines is 1. The Morgan fingerprint density at radius 2 is 1.95 bits per heavy atom. The van der Waals surface area contributed by atoms with E-state index in [-0.39, 0.29) is 17.4 Å². The Morgan fingerprint density at radius 1 is 1.29 bits per heavy atom. The second kappa shape index (κ2) is 6.72. The Labute approximate surface area is 124 Å². The minimum absolute atomic E-state index is 0.0847. The maximum Gasteiger partial charge on any atom is 0.338 e. The van der Waals surface area contributed by atoms with Gasteiger partial charge in [-0.15, -0.1) is 0 Å². The van der Waals surface area contributed by atoms with Crippen molar-refractivity contribution < 1.29 is 14.3 Å². The third kappa shape index (κ3) is 4.29. The summed E-state index contributed by atoms with van der Waals surface area (Å²) < 4.78 is 5.04. The van der Waals surface area contributed by atoms with Crippen molar-refractivity contribution in [3.8, 4) is 0 Å². The van der Waals surface area contributed by atoms with E-state index in [2.05, 4.69) is 5.32 Å². The van der Waals surface area contributed by atoms with Crippen LogP contribution >= 0.6 is 0 Å². The standard InChI is InChI=1S/C16H22N2O3/c1-2-10-21-15(20)12-4-6-13(7-5-12)18-14(19)11-16(17)8-3-9-16/h4-7H,2-3,8-11,17H2,1H3,(H,18,19). The van der Waals surface area contributed by atoms with E-state index in [0.717, 1.165) is 25.7 Å². The van der Waals surface area contributed by atoms with Crippen LogP contribution < -0.4 is 11.1 Å². The molecule has 21 heavy (non-hydrogen) atoms. The number of esters is 1. The molecule has 0 bridgehead atoms. The lowest BCUT2D eigenvalue weighted by molar-refractivity contribution is -0.118. The number of rotatable bonds is 6. The maximum absolute atomic E-state index is 11.9. The van der Waals surface area contributed by atoms with Crippen LogP contribution in [0.25, 0.3) is 0 Å². The van der Waals surface area contributed by atoms with Crippen molar-refractivity contribution in [2.45, 2.75) is 44.6 Å². The van der Waals surface area contributed by atoms with Crippen LogP contribution in [0.2, 0.25) is 0 Å². The highest BCUT2D eigenvalue weighted by atomic mass is 16.5. The van der Waals surface area contributed by atoms with Gasteiger partial charge in [0, 0.05) is 17.6 Å². The number of ether oxygens (including phenoxy) is 1. The molecule has 3 N–H and O–H groups in total. The third-order valence-corrected chi connectivity index (χ3v) is 3.70. The first-order valence-electron chi connectivity index (χ1n) is 7.38. The molecule has 0 heterocycles. The van der Waals surface area contributed by atoms with Gasteiger partial charge in [0.2, 0.25) is 5.91 Å². The molecule has 114 valence electrons. The summed E-state index contributed by atoms with van der Waals surface area (Å²) in [5.41, 5.74) is 6.86. The van der Waals surface area contributed by atoms with Crippen LogP contribution in [0.5, 0.6) is 0 Å². The molecule has 1 amide bonds. The Balaban J connectivity index is 1.87. The van der Waals surface area contributed by atoms with Crippen molar-refractivity contribution in [3.63, 3.8) is 0 Å². The number of hydrogen-bond acceptors (Lipinski definition) is 4. The molecule has 1 aromatic rings. The van der Waals surface area contributed by atoms with Gasteiger partial charge in [-0.25, -0.2) is 4.79 Å². The van der Waals surface area contributed by atoms with Crippen molar-refractivity contribution >= 4 is 17.6 Å². The summed E-state index contributed by atoms with van der Waals surface area (Å²) in [4.78, 5) is 23.5. The van der Waals surface area contributed by atoms with Crippen molar-refractivity contribution in [2.75, 3.05) is 11.9 Å². The van der Waals surface area contributed by atoms with Gasteiger partial charge in [0.05, 0.1) is 12.2 Å². The average molecular weight is 290 g/mol. The van der Waals surface area contributed by atoms with Gasteiger partial charge in [0.1, 0.15) is 0 Å². The van der Waals surface area contributed by atoms with E-state index in [9.17, 15) is 9.59 Å². The summed E-state index contributed by atoms with van der Waals surface area (Å²) in [7, 11) is 0. The maximum atomic E-state index is 11.9. The highest BCUT2D eigenvalue weighted by molar-refractivity contribution is 5.93. The highest BCUT2D eigenvalue weighted by Gasteiger charge is 2.34. The predicted molar refractivity (Wildman–Crippen MR) is 81.0 cm³/mol. The van der Waals surface area contributed by atoms with Gasteiger partial charge in [-0.3, -0.25) is 4.79 Å². The molecular weight excluding hydrogens is 268 g/mol. The van der Waals surface area contributed by atoms with Gasteiger partial charge in [-0.05, 0) is 49.9 Å². The normalized spacial score (nSPS) is 15.9. The number of carbonyl (C=O) groups excluding carboxylic acids is 2. The molecule has 5 heteroatoms. The average Bonchev–Trinajstić information content (AvgIpc) is 2.43. The molecule has 1 aliphatic carbocycles. The lowest BCUT2D eigenvalue weighted by Gasteiger charge is -2.37. The van der Waals surface area contributed by atoms with Crippen molar-refractivity contribution in [2.24, 2.45) is 5.73 Å². The Bertz CT molecular complexity index is 507. The van der Waals surface area contributed by atoms with Crippen LogP contribution in [-0.4, -0.2) is 24.0 Å². The molecule has 1 aliphatic rings.